The first-order valence-electron chi connectivity index (χ1n) is 9.21. The van der Waals surface area contributed by atoms with Gasteiger partial charge in [-0.15, -0.1) is 24.0 Å². The monoisotopic (exact) mass is 480 g/mol. The molecule has 1 aromatic carbocycles. The standard InChI is InChI=1S/C21H28N4O.HI/c1-5-22-20(24-14-16-11-10-15(2)23-13-16)25-18-12-21(3,4)26-19-9-7-6-8-17(18)19;/h6-11,13,18H,5,12,14H2,1-4H3,(H2,22,24,25);1H. The molecule has 6 heteroatoms. The molecule has 1 aliphatic rings. The number of ether oxygens (including phenoxy) is 1. The second kappa shape index (κ2) is 9.39. The number of nitrogens with zero attached hydrogens (tertiary/aromatic N) is 2. The smallest absolute Gasteiger partial charge is 0.192 e. The lowest BCUT2D eigenvalue weighted by molar-refractivity contribution is 0.0694. The number of halogens is 1. The number of aliphatic imine (C=N–C) groups is 1. The van der Waals surface area contributed by atoms with E-state index in [1.54, 1.807) is 0 Å². The van der Waals surface area contributed by atoms with E-state index < -0.39 is 0 Å². The molecule has 2 aromatic rings. The molecule has 5 nitrogen and oxygen atoms in total. The maximum absolute atomic E-state index is 6.12. The summed E-state index contributed by atoms with van der Waals surface area (Å²) in [5.74, 6) is 1.76. The Kier molecular flexibility index (Phi) is 7.47. The lowest BCUT2D eigenvalue weighted by atomic mass is 9.90. The van der Waals surface area contributed by atoms with Crippen LogP contribution in [0.2, 0.25) is 0 Å². The summed E-state index contributed by atoms with van der Waals surface area (Å²) in [6, 6.07) is 12.5. The van der Waals surface area contributed by atoms with Crippen LogP contribution in [-0.2, 0) is 6.54 Å². The third kappa shape index (κ3) is 5.82. The van der Waals surface area contributed by atoms with Crippen molar-refractivity contribution in [2.24, 2.45) is 4.99 Å². The van der Waals surface area contributed by atoms with Gasteiger partial charge in [0.1, 0.15) is 11.4 Å². The molecule has 2 heterocycles. The van der Waals surface area contributed by atoms with Crippen molar-refractivity contribution in [3.05, 3.63) is 59.4 Å². The van der Waals surface area contributed by atoms with E-state index in [1.807, 2.05) is 31.3 Å². The number of benzene rings is 1. The summed E-state index contributed by atoms with van der Waals surface area (Å²) >= 11 is 0. The molecular weight excluding hydrogens is 451 g/mol. The fraction of sp³-hybridized carbons (Fsp3) is 0.429. The first-order valence-corrected chi connectivity index (χ1v) is 9.21. The van der Waals surface area contributed by atoms with E-state index in [0.29, 0.717) is 6.54 Å². The summed E-state index contributed by atoms with van der Waals surface area (Å²) in [6.45, 7) is 9.72. The van der Waals surface area contributed by atoms with Crippen LogP contribution in [0.1, 0.15) is 50.1 Å². The number of aromatic nitrogens is 1. The van der Waals surface area contributed by atoms with E-state index in [9.17, 15) is 0 Å². The van der Waals surface area contributed by atoms with Crippen molar-refractivity contribution >= 4 is 29.9 Å². The van der Waals surface area contributed by atoms with Crippen LogP contribution in [0.3, 0.4) is 0 Å². The Balaban J connectivity index is 0.00000261. The van der Waals surface area contributed by atoms with E-state index >= 15 is 0 Å². The van der Waals surface area contributed by atoms with Crippen molar-refractivity contribution in [1.82, 2.24) is 15.6 Å². The average Bonchev–Trinajstić information content (AvgIpc) is 2.60. The highest BCUT2D eigenvalue weighted by Crippen LogP contribution is 2.39. The van der Waals surface area contributed by atoms with Crippen LogP contribution >= 0.6 is 24.0 Å². The first kappa shape index (κ1) is 21.5. The van der Waals surface area contributed by atoms with Gasteiger partial charge in [0.05, 0.1) is 12.6 Å². The van der Waals surface area contributed by atoms with Crippen LogP contribution in [0.15, 0.2) is 47.6 Å². The largest absolute Gasteiger partial charge is 0.487 e. The van der Waals surface area contributed by atoms with Crippen LogP contribution in [0.25, 0.3) is 0 Å². The number of nitrogens with one attached hydrogen (secondary N) is 2. The summed E-state index contributed by atoms with van der Waals surface area (Å²) in [4.78, 5) is 9.08. The van der Waals surface area contributed by atoms with E-state index in [4.69, 9.17) is 9.73 Å². The fourth-order valence-corrected chi connectivity index (χ4v) is 3.18. The molecule has 0 aliphatic carbocycles. The SMILES string of the molecule is CCNC(=NCc1ccc(C)nc1)NC1CC(C)(C)Oc2ccccc21.I. The molecule has 0 saturated heterocycles. The van der Waals surface area contributed by atoms with Gasteiger partial charge in [-0.25, -0.2) is 4.99 Å². The highest BCUT2D eigenvalue weighted by molar-refractivity contribution is 14.0. The number of hydrogen-bond donors (Lipinski definition) is 2. The fourth-order valence-electron chi connectivity index (χ4n) is 3.18. The van der Waals surface area contributed by atoms with Gasteiger partial charge in [-0.2, -0.15) is 0 Å². The second-order valence-electron chi connectivity index (χ2n) is 7.30. The lowest BCUT2D eigenvalue weighted by Gasteiger charge is -2.38. The third-order valence-corrected chi connectivity index (χ3v) is 4.42. The lowest BCUT2D eigenvalue weighted by Crippen LogP contribution is -2.45. The summed E-state index contributed by atoms with van der Waals surface area (Å²) in [7, 11) is 0. The minimum absolute atomic E-state index is 0. The first-order chi connectivity index (χ1) is 12.5. The van der Waals surface area contributed by atoms with Crippen LogP contribution in [0, 0.1) is 6.92 Å². The van der Waals surface area contributed by atoms with Crippen molar-refractivity contribution in [2.75, 3.05) is 6.54 Å². The minimum Gasteiger partial charge on any atom is -0.487 e. The summed E-state index contributed by atoms with van der Waals surface area (Å²) < 4.78 is 6.12. The molecule has 0 amide bonds. The van der Waals surface area contributed by atoms with Gasteiger partial charge < -0.3 is 15.4 Å². The molecule has 0 saturated carbocycles. The highest BCUT2D eigenvalue weighted by Gasteiger charge is 2.33. The van der Waals surface area contributed by atoms with Gasteiger partial charge in [0.25, 0.3) is 0 Å². The van der Waals surface area contributed by atoms with Gasteiger partial charge in [-0.1, -0.05) is 24.3 Å². The highest BCUT2D eigenvalue weighted by atomic mass is 127. The van der Waals surface area contributed by atoms with Crippen LogP contribution in [0.4, 0.5) is 0 Å². The maximum Gasteiger partial charge on any atom is 0.192 e. The molecule has 1 unspecified atom stereocenters. The second-order valence-corrected chi connectivity index (χ2v) is 7.30. The van der Waals surface area contributed by atoms with E-state index in [1.165, 1.54) is 5.56 Å². The Morgan fingerprint density at radius 2 is 2.04 bits per heavy atom. The maximum atomic E-state index is 6.12. The Labute approximate surface area is 179 Å². The summed E-state index contributed by atoms with van der Waals surface area (Å²) in [5.41, 5.74) is 3.07. The Bertz CT molecular complexity index is 774. The zero-order valence-electron chi connectivity index (χ0n) is 16.5. The molecule has 0 spiro atoms. The van der Waals surface area contributed by atoms with Gasteiger partial charge in [-0.3, -0.25) is 4.98 Å². The summed E-state index contributed by atoms with van der Waals surface area (Å²) in [5, 5.41) is 6.94. The number of para-hydroxylation sites is 1. The quantitative estimate of drug-likeness (QED) is 0.388. The molecule has 3 rings (SSSR count). The number of hydrogen-bond acceptors (Lipinski definition) is 3. The Hall–Kier alpha value is -1.83. The van der Waals surface area contributed by atoms with Crippen molar-refractivity contribution in [2.45, 2.75) is 52.3 Å². The number of rotatable bonds is 4. The van der Waals surface area contributed by atoms with Crippen molar-refractivity contribution < 1.29 is 4.74 Å². The van der Waals surface area contributed by atoms with Gasteiger partial charge in [-0.05, 0) is 45.4 Å². The number of fused-ring (bicyclic) bond motifs is 1. The molecule has 1 aliphatic heterocycles. The predicted molar refractivity (Wildman–Crippen MR) is 121 cm³/mol. The Morgan fingerprint density at radius 1 is 1.26 bits per heavy atom. The van der Waals surface area contributed by atoms with E-state index in [-0.39, 0.29) is 35.6 Å². The van der Waals surface area contributed by atoms with Gasteiger partial charge in [0, 0.05) is 30.4 Å². The molecular formula is C21H29IN4O. The number of guanidine groups is 1. The third-order valence-electron chi connectivity index (χ3n) is 4.42. The number of aryl methyl sites for hydroxylation is 1. The molecule has 0 radical (unpaired) electrons. The van der Waals surface area contributed by atoms with E-state index in [2.05, 4.69) is 54.6 Å². The van der Waals surface area contributed by atoms with Crippen molar-refractivity contribution in [3.8, 4) is 5.75 Å². The summed E-state index contributed by atoms with van der Waals surface area (Å²) in [6.07, 6.45) is 2.76. The van der Waals surface area contributed by atoms with Crippen LogP contribution in [0.5, 0.6) is 5.75 Å². The van der Waals surface area contributed by atoms with Crippen LogP contribution in [-0.4, -0.2) is 23.1 Å². The van der Waals surface area contributed by atoms with Gasteiger partial charge >= 0.3 is 0 Å². The molecule has 146 valence electrons. The van der Waals surface area contributed by atoms with Gasteiger partial charge in [0.2, 0.25) is 0 Å². The molecule has 27 heavy (non-hydrogen) atoms. The molecule has 1 aromatic heterocycles. The van der Waals surface area contributed by atoms with Gasteiger partial charge in [0.15, 0.2) is 5.96 Å². The number of pyridine rings is 1. The minimum atomic E-state index is -0.218. The molecule has 0 fully saturated rings. The Morgan fingerprint density at radius 3 is 2.74 bits per heavy atom. The predicted octanol–water partition coefficient (Wildman–Crippen LogP) is 4.37. The zero-order valence-corrected chi connectivity index (χ0v) is 18.8. The normalized spacial score (nSPS) is 17.9. The molecule has 2 N–H and O–H groups in total. The van der Waals surface area contributed by atoms with Crippen LogP contribution < -0.4 is 15.4 Å². The average molecular weight is 480 g/mol. The van der Waals surface area contributed by atoms with Crippen molar-refractivity contribution in [1.29, 1.82) is 0 Å². The topological polar surface area (TPSA) is 58.5 Å². The van der Waals surface area contributed by atoms with E-state index in [0.717, 1.165) is 35.9 Å². The molecule has 0 bridgehead atoms. The van der Waals surface area contributed by atoms with Crippen molar-refractivity contribution in [3.63, 3.8) is 0 Å². The molecule has 1 atom stereocenters. The zero-order chi connectivity index (χ0) is 18.6.